The van der Waals surface area contributed by atoms with Crippen molar-refractivity contribution >= 4 is 12.0 Å². The molecule has 0 aliphatic heterocycles. The van der Waals surface area contributed by atoms with Gasteiger partial charge in [-0.15, -0.1) is 0 Å². The first kappa shape index (κ1) is 15.3. The molecule has 0 heterocycles. The monoisotopic (exact) mass is 283 g/mol. The highest BCUT2D eigenvalue weighted by molar-refractivity contribution is 5.85. The number of aryl methyl sites for hydroxylation is 1. The topological polar surface area (TPSA) is 38.3 Å². The van der Waals surface area contributed by atoms with E-state index in [0.717, 1.165) is 30.5 Å². The minimum Gasteiger partial charge on any atom is -0.384 e. The van der Waals surface area contributed by atoms with E-state index in [9.17, 15) is 4.79 Å². The molecule has 0 bridgehead atoms. The Bertz CT molecular complexity index is 567. The van der Waals surface area contributed by atoms with E-state index in [1.165, 1.54) is 5.56 Å². The number of anilines is 1. The van der Waals surface area contributed by atoms with Crippen molar-refractivity contribution in [1.82, 2.24) is 0 Å². The summed E-state index contributed by atoms with van der Waals surface area (Å²) in [7, 11) is 0. The highest BCUT2D eigenvalue weighted by Gasteiger charge is 2.03. The van der Waals surface area contributed by atoms with Gasteiger partial charge in [-0.2, -0.15) is 0 Å². The summed E-state index contributed by atoms with van der Waals surface area (Å²) in [6.07, 6.45) is 1.79. The molecule has 0 amide bonds. The standard InChI is InChI=1S/C18H21NO2/c1-15-7-5-10-17(13-20)18(15)19-11-6-12-21-14-16-8-3-2-4-9-16/h2-5,7-10,13,19H,6,11-12,14H2,1H3. The molecule has 0 aliphatic carbocycles. The summed E-state index contributed by atoms with van der Waals surface area (Å²) in [5.74, 6) is 0. The van der Waals surface area contributed by atoms with Crippen LogP contribution < -0.4 is 5.32 Å². The fraction of sp³-hybridized carbons (Fsp3) is 0.278. The Morgan fingerprint density at radius 3 is 2.67 bits per heavy atom. The first-order valence-corrected chi connectivity index (χ1v) is 7.21. The number of carbonyl (C=O) groups is 1. The Hall–Kier alpha value is -2.13. The molecule has 2 rings (SSSR count). The zero-order valence-electron chi connectivity index (χ0n) is 12.3. The van der Waals surface area contributed by atoms with E-state index in [4.69, 9.17) is 4.74 Å². The zero-order valence-corrected chi connectivity index (χ0v) is 12.3. The molecule has 0 aliphatic rings. The lowest BCUT2D eigenvalue weighted by molar-refractivity contribution is 0.112. The van der Waals surface area contributed by atoms with Crippen molar-refractivity contribution in [1.29, 1.82) is 0 Å². The van der Waals surface area contributed by atoms with Crippen LogP contribution >= 0.6 is 0 Å². The number of rotatable bonds is 8. The van der Waals surface area contributed by atoms with Crippen LogP contribution in [0.15, 0.2) is 48.5 Å². The van der Waals surface area contributed by atoms with Crippen molar-refractivity contribution in [2.45, 2.75) is 20.0 Å². The minimum absolute atomic E-state index is 0.644. The Balaban J connectivity index is 1.69. The number of ether oxygens (including phenoxy) is 1. The summed E-state index contributed by atoms with van der Waals surface area (Å²) in [4.78, 5) is 11.0. The van der Waals surface area contributed by atoms with Crippen molar-refractivity contribution in [3.63, 3.8) is 0 Å². The second-order valence-corrected chi connectivity index (χ2v) is 4.98. The molecule has 0 atom stereocenters. The highest BCUT2D eigenvalue weighted by atomic mass is 16.5. The van der Waals surface area contributed by atoms with Gasteiger partial charge in [0.05, 0.1) is 6.61 Å². The summed E-state index contributed by atoms with van der Waals surface area (Å²) >= 11 is 0. The average molecular weight is 283 g/mol. The van der Waals surface area contributed by atoms with E-state index in [1.807, 2.05) is 43.3 Å². The van der Waals surface area contributed by atoms with E-state index in [0.29, 0.717) is 18.8 Å². The lowest BCUT2D eigenvalue weighted by Crippen LogP contribution is -2.08. The first-order chi connectivity index (χ1) is 10.3. The second-order valence-electron chi connectivity index (χ2n) is 4.98. The van der Waals surface area contributed by atoms with Crippen molar-refractivity contribution in [3.05, 3.63) is 65.2 Å². The van der Waals surface area contributed by atoms with Crippen LogP contribution in [-0.2, 0) is 11.3 Å². The number of hydrogen-bond acceptors (Lipinski definition) is 3. The second kappa shape index (κ2) is 8.22. The van der Waals surface area contributed by atoms with Crippen LogP contribution in [0.1, 0.15) is 27.9 Å². The Morgan fingerprint density at radius 2 is 1.90 bits per heavy atom. The van der Waals surface area contributed by atoms with Crippen molar-refractivity contribution in [2.75, 3.05) is 18.5 Å². The molecule has 21 heavy (non-hydrogen) atoms. The van der Waals surface area contributed by atoms with Gasteiger partial charge in [0.15, 0.2) is 6.29 Å². The molecular formula is C18H21NO2. The molecule has 0 radical (unpaired) electrons. The molecule has 110 valence electrons. The van der Waals surface area contributed by atoms with E-state index in [2.05, 4.69) is 17.4 Å². The SMILES string of the molecule is Cc1cccc(C=O)c1NCCCOCc1ccccc1. The third-order valence-corrected chi connectivity index (χ3v) is 3.31. The largest absolute Gasteiger partial charge is 0.384 e. The van der Waals surface area contributed by atoms with Gasteiger partial charge in [0.1, 0.15) is 0 Å². The molecule has 2 aromatic rings. The Kier molecular flexibility index (Phi) is 5.98. The molecule has 2 aromatic carbocycles. The van der Waals surface area contributed by atoms with Gasteiger partial charge in [-0.3, -0.25) is 4.79 Å². The van der Waals surface area contributed by atoms with Crippen LogP contribution in [0.3, 0.4) is 0 Å². The predicted octanol–water partition coefficient (Wildman–Crippen LogP) is 3.83. The molecule has 0 saturated carbocycles. The molecule has 3 nitrogen and oxygen atoms in total. The Morgan fingerprint density at radius 1 is 1.10 bits per heavy atom. The van der Waals surface area contributed by atoms with Crippen molar-refractivity contribution < 1.29 is 9.53 Å². The fourth-order valence-electron chi connectivity index (χ4n) is 2.18. The molecular weight excluding hydrogens is 262 g/mol. The van der Waals surface area contributed by atoms with Gasteiger partial charge >= 0.3 is 0 Å². The quantitative estimate of drug-likeness (QED) is 0.591. The summed E-state index contributed by atoms with van der Waals surface area (Å²) in [5.41, 5.74) is 3.91. The van der Waals surface area contributed by atoms with Gasteiger partial charge in [0.2, 0.25) is 0 Å². The zero-order chi connectivity index (χ0) is 14.9. The maximum absolute atomic E-state index is 11.0. The van der Waals surface area contributed by atoms with Crippen molar-refractivity contribution in [2.24, 2.45) is 0 Å². The van der Waals surface area contributed by atoms with Crippen LogP contribution in [0.5, 0.6) is 0 Å². The minimum atomic E-state index is 0.644. The van der Waals surface area contributed by atoms with Crippen LogP contribution in [0.25, 0.3) is 0 Å². The third-order valence-electron chi connectivity index (χ3n) is 3.31. The average Bonchev–Trinajstić information content (AvgIpc) is 2.52. The number of carbonyl (C=O) groups excluding carboxylic acids is 1. The van der Waals surface area contributed by atoms with Crippen LogP contribution in [-0.4, -0.2) is 19.4 Å². The maximum atomic E-state index is 11.0. The smallest absolute Gasteiger partial charge is 0.152 e. The van der Waals surface area contributed by atoms with E-state index >= 15 is 0 Å². The molecule has 3 heteroatoms. The van der Waals surface area contributed by atoms with Gasteiger partial charge in [-0.25, -0.2) is 0 Å². The van der Waals surface area contributed by atoms with Gasteiger partial charge in [-0.05, 0) is 30.5 Å². The summed E-state index contributed by atoms with van der Waals surface area (Å²) in [6.45, 7) is 4.14. The number of benzene rings is 2. The normalized spacial score (nSPS) is 10.3. The highest BCUT2D eigenvalue weighted by Crippen LogP contribution is 2.18. The fourth-order valence-corrected chi connectivity index (χ4v) is 2.18. The number of para-hydroxylation sites is 1. The third kappa shape index (κ3) is 4.72. The van der Waals surface area contributed by atoms with E-state index < -0.39 is 0 Å². The molecule has 0 spiro atoms. The van der Waals surface area contributed by atoms with Crippen LogP contribution in [0.4, 0.5) is 5.69 Å². The van der Waals surface area contributed by atoms with Crippen LogP contribution in [0, 0.1) is 6.92 Å². The molecule has 0 unspecified atom stereocenters. The molecule has 0 fully saturated rings. The molecule has 1 N–H and O–H groups in total. The Labute approximate surface area is 126 Å². The van der Waals surface area contributed by atoms with Crippen molar-refractivity contribution in [3.8, 4) is 0 Å². The van der Waals surface area contributed by atoms with E-state index in [-0.39, 0.29) is 0 Å². The lowest BCUT2D eigenvalue weighted by Gasteiger charge is -2.12. The van der Waals surface area contributed by atoms with Gasteiger partial charge in [0, 0.05) is 24.4 Å². The maximum Gasteiger partial charge on any atom is 0.152 e. The van der Waals surface area contributed by atoms with E-state index in [1.54, 1.807) is 0 Å². The summed E-state index contributed by atoms with van der Waals surface area (Å²) < 4.78 is 5.63. The van der Waals surface area contributed by atoms with Gasteiger partial charge < -0.3 is 10.1 Å². The molecule has 0 aromatic heterocycles. The summed E-state index contributed by atoms with van der Waals surface area (Å²) in [5, 5.41) is 3.32. The lowest BCUT2D eigenvalue weighted by atomic mass is 10.1. The van der Waals surface area contributed by atoms with Gasteiger partial charge in [0.25, 0.3) is 0 Å². The number of nitrogens with one attached hydrogen (secondary N) is 1. The number of hydrogen-bond donors (Lipinski definition) is 1. The summed E-state index contributed by atoms with van der Waals surface area (Å²) in [6, 6.07) is 15.9. The molecule has 0 saturated heterocycles. The predicted molar refractivity (Wildman–Crippen MR) is 85.8 cm³/mol. The number of aldehydes is 1. The van der Waals surface area contributed by atoms with Crippen LogP contribution in [0.2, 0.25) is 0 Å². The van der Waals surface area contributed by atoms with Gasteiger partial charge in [-0.1, -0.05) is 42.5 Å². The first-order valence-electron chi connectivity index (χ1n) is 7.21.